The molecule has 1 aromatic carbocycles. The smallest absolute Gasteiger partial charge is 0.133 e. The van der Waals surface area contributed by atoms with E-state index in [1.54, 1.807) is 26.4 Å². The Hall–Kier alpha value is -0.780. The molecule has 1 aromatic rings. The fourth-order valence-electron chi connectivity index (χ4n) is 1.92. The van der Waals surface area contributed by atoms with Crippen LogP contribution in [0.4, 0.5) is 0 Å². The van der Waals surface area contributed by atoms with E-state index in [0.717, 1.165) is 16.5 Å². The van der Waals surface area contributed by atoms with Crippen LogP contribution in [0.15, 0.2) is 16.6 Å². The Bertz CT molecular complexity index is 425. The summed E-state index contributed by atoms with van der Waals surface area (Å²) in [4.78, 5) is 0. The topological polar surface area (TPSA) is 64.7 Å². The molecule has 0 heterocycles. The number of hydrogen-bond acceptors (Lipinski definition) is 4. The molecule has 0 fully saturated rings. The number of halogens is 1. The van der Waals surface area contributed by atoms with Crippen molar-refractivity contribution < 1.29 is 14.6 Å². The van der Waals surface area contributed by atoms with Gasteiger partial charge in [0.25, 0.3) is 0 Å². The van der Waals surface area contributed by atoms with Gasteiger partial charge in [-0.25, -0.2) is 0 Å². The second-order valence-corrected chi connectivity index (χ2v) is 5.48. The maximum Gasteiger partial charge on any atom is 0.133 e. The average Bonchev–Trinajstić information content (AvgIpc) is 2.44. The van der Waals surface area contributed by atoms with Crippen molar-refractivity contribution in [2.24, 2.45) is 11.7 Å². The average molecular weight is 332 g/mol. The predicted molar refractivity (Wildman–Crippen MR) is 79.6 cm³/mol. The van der Waals surface area contributed by atoms with E-state index < -0.39 is 12.1 Å². The van der Waals surface area contributed by atoms with Gasteiger partial charge in [-0.15, -0.1) is 0 Å². The quantitative estimate of drug-likeness (QED) is 0.841. The summed E-state index contributed by atoms with van der Waals surface area (Å²) < 4.78 is 11.4. The molecule has 0 amide bonds. The number of aliphatic hydroxyl groups is 1. The zero-order valence-corrected chi connectivity index (χ0v) is 13.4. The van der Waals surface area contributed by atoms with E-state index in [1.165, 1.54) is 0 Å². The van der Waals surface area contributed by atoms with Crippen LogP contribution in [-0.2, 0) is 0 Å². The third-order valence-corrected chi connectivity index (χ3v) is 4.08. The second-order valence-electron chi connectivity index (χ2n) is 4.63. The monoisotopic (exact) mass is 331 g/mol. The molecule has 0 spiro atoms. The number of ether oxygens (including phenoxy) is 2. The molecule has 19 heavy (non-hydrogen) atoms. The van der Waals surface area contributed by atoms with E-state index in [0.29, 0.717) is 11.5 Å². The Kier molecular flexibility index (Phi) is 6.10. The van der Waals surface area contributed by atoms with Crippen molar-refractivity contribution in [3.63, 3.8) is 0 Å². The molecule has 1 unspecified atom stereocenters. The first-order valence-electron chi connectivity index (χ1n) is 6.31. The molecular formula is C14H22BrNO3. The van der Waals surface area contributed by atoms with Gasteiger partial charge in [0.1, 0.15) is 11.5 Å². The van der Waals surface area contributed by atoms with Gasteiger partial charge >= 0.3 is 0 Å². The summed E-state index contributed by atoms with van der Waals surface area (Å²) in [7, 11) is 3.17. The highest BCUT2D eigenvalue weighted by molar-refractivity contribution is 9.10. The van der Waals surface area contributed by atoms with E-state index in [9.17, 15) is 5.11 Å². The molecule has 0 aliphatic rings. The van der Waals surface area contributed by atoms with Gasteiger partial charge in [-0.1, -0.05) is 20.3 Å². The van der Waals surface area contributed by atoms with E-state index >= 15 is 0 Å². The zero-order chi connectivity index (χ0) is 14.6. The summed E-state index contributed by atoms with van der Waals surface area (Å²) in [6.07, 6.45) is 0.245. The van der Waals surface area contributed by atoms with Crippen LogP contribution in [0.1, 0.15) is 31.9 Å². The maximum atomic E-state index is 10.3. The van der Waals surface area contributed by atoms with Gasteiger partial charge in [-0.05, 0) is 34.0 Å². The number of rotatable bonds is 6. The molecule has 0 saturated carbocycles. The highest BCUT2D eigenvalue weighted by atomic mass is 79.9. The highest BCUT2D eigenvalue weighted by Gasteiger charge is 2.25. The SMILES string of the molecule is CCC(C)[C@@H](O)[C@@H](N)c1cc(OC)c(Br)cc1OC. The third kappa shape index (κ3) is 3.61. The minimum Gasteiger partial charge on any atom is -0.496 e. The van der Waals surface area contributed by atoms with Crippen molar-refractivity contribution in [2.45, 2.75) is 32.4 Å². The first-order chi connectivity index (χ1) is 8.96. The lowest BCUT2D eigenvalue weighted by atomic mass is 9.91. The van der Waals surface area contributed by atoms with Crippen molar-refractivity contribution in [3.8, 4) is 11.5 Å². The molecule has 5 heteroatoms. The van der Waals surface area contributed by atoms with Crippen LogP contribution in [-0.4, -0.2) is 25.4 Å². The van der Waals surface area contributed by atoms with Crippen LogP contribution in [0.5, 0.6) is 11.5 Å². The Labute approximate surface area is 123 Å². The molecule has 0 saturated heterocycles. The normalized spacial score (nSPS) is 15.7. The van der Waals surface area contributed by atoms with Gasteiger partial charge in [0.15, 0.2) is 0 Å². The first-order valence-corrected chi connectivity index (χ1v) is 7.10. The molecule has 4 nitrogen and oxygen atoms in total. The lowest BCUT2D eigenvalue weighted by Gasteiger charge is -2.26. The van der Waals surface area contributed by atoms with Gasteiger partial charge in [0, 0.05) is 5.56 Å². The van der Waals surface area contributed by atoms with E-state index in [2.05, 4.69) is 15.9 Å². The van der Waals surface area contributed by atoms with Gasteiger partial charge in [-0.3, -0.25) is 0 Å². The summed E-state index contributed by atoms with van der Waals surface area (Å²) in [5, 5.41) is 10.3. The molecule has 0 aliphatic heterocycles. The van der Waals surface area contributed by atoms with Crippen molar-refractivity contribution in [2.75, 3.05) is 14.2 Å². The van der Waals surface area contributed by atoms with Gasteiger partial charge in [0.2, 0.25) is 0 Å². The zero-order valence-electron chi connectivity index (χ0n) is 11.8. The highest BCUT2D eigenvalue weighted by Crippen LogP contribution is 2.37. The van der Waals surface area contributed by atoms with Crippen LogP contribution in [0.2, 0.25) is 0 Å². The lowest BCUT2D eigenvalue weighted by Crippen LogP contribution is -2.31. The Morgan fingerprint density at radius 2 is 1.84 bits per heavy atom. The van der Waals surface area contributed by atoms with E-state index in [4.69, 9.17) is 15.2 Å². The van der Waals surface area contributed by atoms with Crippen molar-refractivity contribution in [3.05, 3.63) is 22.2 Å². The number of benzene rings is 1. The minimum absolute atomic E-state index is 0.120. The van der Waals surface area contributed by atoms with Gasteiger partial charge < -0.3 is 20.3 Å². The first kappa shape index (κ1) is 16.3. The molecule has 0 bridgehead atoms. The summed E-state index contributed by atoms with van der Waals surface area (Å²) in [5.41, 5.74) is 6.91. The number of methoxy groups -OCH3 is 2. The molecule has 108 valence electrons. The lowest BCUT2D eigenvalue weighted by molar-refractivity contribution is 0.0870. The standard InChI is InChI=1S/C14H22BrNO3/c1-5-8(2)14(17)13(16)9-6-12(19-4)10(15)7-11(9)18-3/h6-8,13-14,17H,5,16H2,1-4H3/t8?,13-,14+/m0/s1. The number of aliphatic hydroxyl groups excluding tert-OH is 1. The number of nitrogens with two attached hydrogens (primary N) is 1. The Morgan fingerprint density at radius 1 is 1.26 bits per heavy atom. The van der Waals surface area contributed by atoms with Gasteiger partial charge in [0.05, 0.1) is 30.8 Å². The largest absolute Gasteiger partial charge is 0.496 e. The van der Waals surface area contributed by atoms with Crippen LogP contribution in [0.25, 0.3) is 0 Å². The molecule has 3 atom stereocenters. The van der Waals surface area contributed by atoms with Crippen LogP contribution >= 0.6 is 15.9 Å². The molecule has 3 N–H and O–H groups in total. The van der Waals surface area contributed by atoms with Crippen molar-refractivity contribution in [1.29, 1.82) is 0 Å². The summed E-state index contributed by atoms with van der Waals surface area (Å²) >= 11 is 3.40. The van der Waals surface area contributed by atoms with E-state index in [-0.39, 0.29) is 5.92 Å². The predicted octanol–water partition coefficient (Wildman–Crippen LogP) is 2.87. The van der Waals surface area contributed by atoms with E-state index in [1.807, 2.05) is 13.8 Å². The summed E-state index contributed by atoms with van der Waals surface area (Å²) in [6.45, 7) is 4.01. The van der Waals surface area contributed by atoms with Crippen LogP contribution in [0.3, 0.4) is 0 Å². The van der Waals surface area contributed by atoms with Crippen molar-refractivity contribution in [1.82, 2.24) is 0 Å². The Morgan fingerprint density at radius 3 is 2.32 bits per heavy atom. The number of hydrogen-bond donors (Lipinski definition) is 2. The molecule has 0 aliphatic carbocycles. The minimum atomic E-state index is -0.621. The van der Waals surface area contributed by atoms with Crippen LogP contribution < -0.4 is 15.2 Å². The third-order valence-electron chi connectivity index (χ3n) is 3.46. The summed E-state index contributed by atoms with van der Waals surface area (Å²) in [6, 6.07) is 3.10. The van der Waals surface area contributed by atoms with Crippen molar-refractivity contribution >= 4 is 15.9 Å². The fraction of sp³-hybridized carbons (Fsp3) is 0.571. The molecule has 0 radical (unpaired) electrons. The summed E-state index contributed by atoms with van der Waals surface area (Å²) in [5.74, 6) is 1.43. The molecule has 1 rings (SSSR count). The molecule has 0 aromatic heterocycles. The van der Waals surface area contributed by atoms with Crippen LogP contribution in [0, 0.1) is 5.92 Å². The fourth-order valence-corrected chi connectivity index (χ4v) is 2.41. The molecular weight excluding hydrogens is 310 g/mol. The second kappa shape index (κ2) is 7.12. The maximum absolute atomic E-state index is 10.3. The Balaban J connectivity index is 3.16. The van der Waals surface area contributed by atoms with Gasteiger partial charge in [-0.2, -0.15) is 0 Å².